The quantitative estimate of drug-likeness (QED) is 0.893. The number of pyridine rings is 1. The number of halogens is 1. The van der Waals surface area contributed by atoms with Crippen LogP contribution in [0.1, 0.15) is 21.5 Å². The summed E-state index contributed by atoms with van der Waals surface area (Å²) in [5.41, 5.74) is 3.03. The lowest BCUT2D eigenvalue weighted by molar-refractivity contribution is 0.102. The van der Waals surface area contributed by atoms with Gasteiger partial charge in [0.15, 0.2) is 0 Å². The maximum Gasteiger partial charge on any atom is 0.257 e. The van der Waals surface area contributed by atoms with Crippen LogP contribution in [0.2, 0.25) is 5.02 Å². The van der Waals surface area contributed by atoms with Crippen molar-refractivity contribution in [2.75, 3.05) is 11.9 Å². The predicted molar refractivity (Wildman–Crippen MR) is 79.1 cm³/mol. The molecule has 1 aliphatic rings. The second kappa shape index (κ2) is 5.61. The molecule has 1 aliphatic heterocycles. The van der Waals surface area contributed by atoms with E-state index in [0.29, 0.717) is 10.8 Å². The van der Waals surface area contributed by atoms with Crippen molar-refractivity contribution in [1.82, 2.24) is 10.3 Å². The zero-order valence-electron chi connectivity index (χ0n) is 10.8. The maximum absolute atomic E-state index is 12.4. The number of carbonyl (C=O) groups is 1. The SMILES string of the molecule is O=C(Nc1ccc(Cl)cn1)c1cccc2c1CCNC2. The number of anilines is 1. The minimum Gasteiger partial charge on any atom is -0.312 e. The van der Waals surface area contributed by atoms with Crippen molar-refractivity contribution in [3.8, 4) is 0 Å². The van der Waals surface area contributed by atoms with Crippen LogP contribution in [0.5, 0.6) is 0 Å². The molecule has 1 aromatic heterocycles. The number of benzene rings is 1. The molecule has 0 fully saturated rings. The van der Waals surface area contributed by atoms with Gasteiger partial charge in [0.2, 0.25) is 0 Å². The summed E-state index contributed by atoms with van der Waals surface area (Å²) in [6.45, 7) is 1.71. The number of fused-ring (bicyclic) bond motifs is 1. The third-order valence-electron chi connectivity index (χ3n) is 3.35. The number of carbonyl (C=O) groups excluding carboxylic acids is 1. The lowest BCUT2D eigenvalue weighted by atomic mass is 9.95. The topological polar surface area (TPSA) is 54.0 Å². The Labute approximate surface area is 122 Å². The summed E-state index contributed by atoms with van der Waals surface area (Å²) in [5, 5.41) is 6.66. The average Bonchev–Trinajstić information content (AvgIpc) is 2.49. The Hall–Kier alpha value is -1.91. The van der Waals surface area contributed by atoms with Crippen LogP contribution in [0, 0.1) is 0 Å². The number of nitrogens with zero attached hydrogens (tertiary/aromatic N) is 1. The molecule has 1 amide bonds. The first-order valence-corrected chi connectivity index (χ1v) is 6.86. The van der Waals surface area contributed by atoms with Crippen LogP contribution in [0.4, 0.5) is 5.82 Å². The van der Waals surface area contributed by atoms with Crippen molar-refractivity contribution in [3.05, 3.63) is 58.2 Å². The fourth-order valence-corrected chi connectivity index (χ4v) is 2.49. The number of nitrogens with one attached hydrogen (secondary N) is 2. The Morgan fingerprint density at radius 3 is 3.00 bits per heavy atom. The summed E-state index contributed by atoms with van der Waals surface area (Å²) in [4.78, 5) is 16.4. The van der Waals surface area contributed by atoms with Crippen molar-refractivity contribution in [1.29, 1.82) is 0 Å². The van der Waals surface area contributed by atoms with E-state index < -0.39 is 0 Å². The molecular weight excluding hydrogens is 274 g/mol. The fourth-order valence-electron chi connectivity index (χ4n) is 2.38. The van der Waals surface area contributed by atoms with Crippen LogP contribution in [0.15, 0.2) is 36.5 Å². The zero-order valence-corrected chi connectivity index (χ0v) is 11.6. The van der Waals surface area contributed by atoms with E-state index in [-0.39, 0.29) is 5.91 Å². The zero-order chi connectivity index (χ0) is 13.9. The molecule has 4 nitrogen and oxygen atoms in total. The lowest BCUT2D eigenvalue weighted by Crippen LogP contribution is -2.26. The highest BCUT2D eigenvalue weighted by atomic mass is 35.5. The first-order valence-electron chi connectivity index (χ1n) is 6.48. The molecule has 102 valence electrons. The third kappa shape index (κ3) is 2.66. The lowest BCUT2D eigenvalue weighted by Gasteiger charge is -2.19. The van der Waals surface area contributed by atoms with Gasteiger partial charge in [0, 0.05) is 18.3 Å². The minimum atomic E-state index is -0.126. The predicted octanol–water partition coefficient (Wildman–Crippen LogP) is 2.63. The summed E-state index contributed by atoms with van der Waals surface area (Å²) in [7, 11) is 0. The molecule has 20 heavy (non-hydrogen) atoms. The van der Waals surface area contributed by atoms with Gasteiger partial charge in [-0.05, 0) is 42.3 Å². The molecule has 0 aliphatic carbocycles. The Balaban J connectivity index is 1.85. The molecule has 2 N–H and O–H groups in total. The van der Waals surface area contributed by atoms with Crippen molar-refractivity contribution < 1.29 is 4.79 Å². The highest BCUT2D eigenvalue weighted by Gasteiger charge is 2.17. The molecule has 0 saturated heterocycles. The summed E-state index contributed by atoms with van der Waals surface area (Å²) in [6, 6.07) is 9.22. The first kappa shape index (κ1) is 13.1. The Morgan fingerprint density at radius 2 is 2.20 bits per heavy atom. The minimum absolute atomic E-state index is 0.126. The van der Waals surface area contributed by atoms with Crippen molar-refractivity contribution in [3.63, 3.8) is 0 Å². The highest BCUT2D eigenvalue weighted by molar-refractivity contribution is 6.30. The van der Waals surface area contributed by atoms with Crippen LogP contribution in [-0.2, 0) is 13.0 Å². The van der Waals surface area contributed by atoms with Gasteiger partial charge in [0.05, 0.1) is 5.02 Å². The molecule has 2 aromatic rings. The van der Waals surface area contributed by atoms with Crippen molar-refractivity contribution in [2.24, 2.45) is 0 Å². The van der Waals surface area contributed by atoms with Crippen molar-refractivity contribution >= 4 is 23.3 Å². The summed E-state index contributed by atoms with van der Waals surface area (Å²) in [6.07, 6.45) is 2.38. The molecule has 0 unspecified atom stereocenters. The van der Waals surface area contributed by atoms with Gasteiger partial charge in [0.25, 0.3) is 5.91 Å². The van der Waals surface area contributed by atoms with Gasteiger partial charge in [-0.2, -0.15) is 0 Å². The second-order valence-electron chi connectivity index (χ2n) is 4.69. The number of aromatic nitrogens is 1. The van der Waals surface area contributed by atoms with Gasteiger partial charge in [-0.15, -0.1) is 0 Å². The fraction of sp³-hybridized carbons (Fsp3) is 0.200. The first-order chi connectivity index (χ1) is 9.74. The van der Waals surface area contributed by atoms with Crippen LogP contribution >= 0.6 is 11.6 Å². The molecule has 1 aromatic carbocycles. The standard InChI is InChI=1S/C15H14ClN3O/c16-11-4-5-14(18-9-11)19-15(20)13-3-1-2-10-8-17-7-6-12(10)13/h1-5,9,17H,6-8H2,(H,18,19,20). The van der Waals surface area contributed by atoms with Gasteiger partial charge in [-0.1, -0.05) is 23.7 Å². The Kier molecular flexibility index (Phi) is 3.67. The van der Waals surface area contributed by atoms with Crippen molar-refractivity contribution in [2.45, 2.75) is 13.0 Å². The molecule has 5 heteroatoms. The van der Waals surface area contributed by atoms with Gasteiger partial charge >= 0.3 is 0 Å². The number of rotatable bonds is 2. The van der Waals surface area contributed by atoms with Crippen LogP contribution in [-0.4, -0.2) is 17.4 Å². The smallest absolute Gasteiger partial charge is 0.257 e. The van der Waals surface area contributed by atoms with E-state index in [1.165, 1.54) is 11.8 Å². The van der Waals surface area contributed by atoms with E-state index in [4.69, 9.17) is 11.6 Å². The average molecular weight is 288 g/mol. The molecule has 0 radical (unpaired) electrons. The third-order valence-corrected chi connectivity index (χ3v) is 3.58. The summed E-state index contributed by atoms with van der Waals surface area (Å²) in [5.74, 6) is 0.379. The van der Waals surface area contributed by atoms with Gasteiger partial charge in [-0.3, -0.25) is 4.79 Å². The van der Waals surface area contributed by atoms with Gasteiger partial charge < -0.3 is 10.6 Å². The van der Waals surface area contributed by atoms with E-state index in [1.54, 1.807) is 12.1 Å². The van der Waals surface area contributed by atoms with Gasteiger partial charge in [0.1, 0.15) is 5.82 Å². The van der Waals surface area contributed by atoms with E-state index in [2.05, 4.69) is 21.7 Å². The Bertz CT molecular complexity index is 640. The van der Waals surface area contributed by atoms with E-state index >= 15 is 0 Å². The van der Waals surface area contributed by atoms with Crippen LogP contribution in [0.3, 0.4) is 0 Å². The molecule has 3 rings (SSSR count). The van der Waals surface area contributed by atoms with Gasteiger partial charge in [-0.25, -0.2) is 4.98 Å². The molecule has 0 bridgehead atoms. The largest absolute Gasteiger partial charge is 0.312 e. The van der Waals surface area contributed by atoms with E-state index in [9.17, 15) is 4.79 Å². The Morgan fingerprint density at radius 1 is 1.30 bits per heavy atom. The maximum atomic E-state index is 12.4. The summed E-state index contributed by atoms with van der Waals surface area (Å²) >= 11 is 5.78. The number of hydrogen-bond acceptors (Lipinski definition) is 3. The number of hydrogen-bond donors (Lipinski definition) is 2. The van der Waals surface area contributed by atoms with E-state index in [1.807, 2.05) is 12.1 Å². The highest BCUT2D eigenvalue weighted by Crippen LogP contribution is 2.20. The van der Waals surface area contributed by atoms with Crippen LogP contribution < -0.4 is 10.6 Å². The molecule has 0 spiro atoms. The van der Waals surface area contributed by atoms with Crippen LogP contribution in [0.25, 0.3) is 0 Å². The summed E-state index contributed by atoms with van der Waals surface area (Å²) < 4.78 is 0. The second-order valence-corrected chi connectivity index (χ2v) is 5.12. The molecule has 0 saturated carbocycles. The molecule has 0 atom stereocenters. The molecule has 2 heterocycles. The normalized spacial score (nSPS) is 13.7. The molecular formula is C15H14ClN3O. The monoisotopic (exact) mass is 287 g/mol. The van der Waals surface area contributed by atoms with E-state index in [0.717, 1.165) is 30.6 Å². The number of amides is 1.